The number of nitrogens with one attached hydrogen (secondary N) is 2. The molecule has 0 spiro atoms. The van der Waals surface area contributed by atoms with Crippen LogP contribution in [0.2, 0.25) is 0 Å². The molecule has 3 aromatic rings. The lowest BCUT2D eigenvalue weighted by atomic mass is 10.1. The lowest BCUT2D eigenvalue weighted by Crippen LogP contribution is -2.40. The fourth-order valence-corrected chi connectivity index (χ4v) is 5.02. The molecule has 8 nitrogen and oxygen atoms in total. The smallest absolute Gasteiger partial charge is 0.295 e. The lowest BCUT2D eigenvalue weighted by molar-refractivity contribution is 0.0730. The number of aromatic amines is 1. The number of benzene rings is 2. The molecule has 0 aliphatic carbocycles. The van der Waals surface area contributed by atoms with E-state index in [1.54, 1.807) is 19.1 Å². The fourth-order valence-electron chi connectivity index (χ4n) is 3.36. The van der Waals surface area contributed by atoms with Gasteiger partial charge in [-0.15, -0.1) is 0 Å². The SMILES string of the molecule is Cc1ccc(NC(=O)c2ccc3nc(C(F)F)[nH]c3c2)cc1S(=O)(=O)N1CCOCC1. The Bertz CT molecular complexity index is 1240. The summed E-state index contributed by atoms with van der Waals surface area (Å²) in [5.41, 5.74) is 1.71. The third-order valence-electron chi connectivity index (χ3n) is 5.00. The predicted molar refractivity (Wildman–Crippen MR) is 110 cm³/mol. The van der Waals surface area contributed by atoms with Crippen LogP contribution in [-0.4, -0.2) is 54.9 Å². The summed E-state index contributed by atoms with van der Waals surface area (Å²) in [5.74, 6) is -0.974. The van der Waals surface area contributed by atoms with Gasteiger partial charge in [-0.05, 0) is 42.8 Å². The van der Waals surface area contributed by atoms with Crippen molar-refractivity contribution in [2.45, 2.75) is 18.2 Å². The van der Waals surface area contributed by atoms with Crippen molar-refractivity contribution in [1.29, 1.82) is 0 Å². The average Bonchev–Trinajstić information content (AvgIpc) is 3.19. The molecule has 0 atom stereocenters. The summed E-state index contributed by atoms with van der Waals surface area (Å²) in [4.78, 5) is 19.0. The zero-order chi connectivity index (χ0) is 22.2. The summed E-state index contributed by atoms with van der Waals surface area (Å²) in [7, 11) is -3.73. The molecule has 0 bridgehead atoms. The number of sulfonamides is 1. The number of hydrogen-bond acceptors (Lipinski definition) is 5. The van der Waals surface area contributed by atoms with Crippen LogP contribution in [0, 0.1) is 6.92 Å². The van der Waals surface area contributed by atoms with Gasteiger partial charge in [-0.25, -0.2) is 22.2 Å². The zero-order valence-electron chi connectivity index (χ0n) is 16.6. The number of aromatic nitrogens is 2. The molecule has 164 valence electrons. The molecule has 0 saturated carbocycles. The molecule has 1 aromatic heterocycles. The quantitative estimate of drug-likeness (QED) is 0.622. The number of morpholine rings is 1. The number of nitrogens with zero attached hydrogens (tertiary/aromatic N) is 2. The summed E-state index contributed by atoms with van der Waals surface area (Å²) in [6.07, 6.45) is -2.75. The van der Waals surface area contributed by atoms with E-state index in [4.69, 9.17) is 4.74 Å². The number of carbonyl (C=O) groups excluding carboxylic acids is 1. The van der Waals surface area contributed by atoms with Gasteiger partial charge in [0.15, 0.2) is 5.82 Å². The van der Waals surface area contributed by atoms with Gasteiger partial charge < -0.3 is 15.0 Å². The highest BCUT2D eigenvalue weighted by atomic mass is 32.2. The third kappa shape index (κ3) is 4.29. The first kappa shape index (κ1) is 21.3. The normalized spacial score (nSPS) is 15.5. The molecule has 1 aliphatic heterocycles. The molecule has 11 heteroatoms. The van der Waals surface area contributed by atoms with E-state index in [2.05, 4.69) is 15.3 Å². The standard InChI is InChI=1S/C20H20F2N4O4S/c1-12-2-4-14(11-17(12)31(28,29)26-6-8-30-9-7-26)23-20(27)13-3-5-15-16(10-13)25-19(24-15)18(21)22/h2-5,10-11,18H,6-9H2,1H3,(H,23,27)(H,24,25). The highest BCUT2D eigenvalue weighted by Gasteiger charge is 2.28. The van der Waals surface area contributed by atoms with Crippen molar-refractivity contribution in [1.82, 2.24) is 14.3 Å². The first-order chi connectivity index (χ1) is 14.8. The first-order valence-corrected chi connectivity index (χ1v) is 11.0. The van der Waals surface area contributed by atoms with Crippen molar-refractivity contribution in [3.8, 4) is 0 Å². The maximum atomic E-state index is 13.0. The number of H-pyrrole nitrogens is 1. The second kappa shape index (κ2) is 8.33. The van der Waals surface area contributed by atoms with Gasteiger partial charge in [-0.2, -0.15) is 4.31 Å². The number of rotatable bonds is 5. The summed E-state index contributed by atoms with van der Waals surface area (Å²) in [6, 6.07) is 9.00. The first-order valence-electron chi connectivity index (χ1n) is 9.53. The van der Waals surface area contributed by atoms with Crippen LogP contribution < -0.4 is 5.32 Å². The van der Waals surface area contributed by atoms with E-state index < -0.39 is 28.2 Å². The molecular weight excluding hydrogens is 430 g/mol. The van der Waals surface area contributed by atoms with Crippen LogP contribution in [0.15, 0.2) is 41.3 Å². The van der Waals surface area contributed by atoms with E-state index in [9.17, 15) is 22.0 Å². The number of amides is 1. The van der Waals surface area contributed by atoms with Crippen LogP contribution >= 0.6 is 0 Å². The monoisotopic (exact) mass is 450 g/mol. The zero-order valence-corrected chi connectivity index (χ0v) is 17.4. The number of ether oxygens (including phenoxy) is 1. The van der Waals surface area contributed by atoms with Gasteiger partial charge >= 0.3 is 0 Å². The van der Waals surface area contributed by atoms with E-state index in [1.165, 1.54) is 28.6 Å². The number of carbonyl (C=O) groups is 1. The Morgan fingerprint density at radius 2 is 1.94 bits per heavy atom. The summed E-state index contributed by atoms with van der Waals surface area (Å²) < 4.78 is 58.2. The molecule has 1 fully saturated rings. The summed E-state index contributed by atoms with van der Waals surface area (Å²) in [6.45, 7) is 2.88. The van der Waals surface area contributed by atoms with Crippen LogP contribution in [0.1, 0.15) is 28.2 Å². The number of imidazole rings is 1. The third-order valence-corrected chi connectivity index (χ3v) is 7.04. The van der Waals surface area contributed by atoms with E-state index in [-0.39, 0.29) is 23.5 Å². The molecule has 31 heavy (non-hydrogen) atoms. The molecule has 2 N–H and O–H groups in total. The van der Waals surface area contributed by atoms with Gasteiger partial charge in [0.1, 0.15) is 0 Å². The molecule has 1 amide bonds. The molecule has 1 aliphatic rings. The molecule has 2 aromatic carbocycles. The van der Waals surface area contributed by atoms with Gasteiger partial charge in [0.05, 0.1) is 29.1 Å². The van der Waals surface area contributed by atoms with Gasteiger partial charge in [-0.1, -0.05) is 6.07 Å². The number of fused-ring (bicyclic) bond motifs is 1. The van der Waals surface area contributed by atoms with E-state index in [0.29, 0.717) is 35.5 Å². The van der Waals surface area contributed by atoms with E-state index in [0.717, 1.165) is 0 Å². The Balaban J connectivity index is 1.58. The number of hydrogen-bond donors (Lipinski definition) is 2. The largest absolute Gasteiger partial charge is 0.379 e. The van der Waals surface area contributed by atoms with Gasteiger partial charge in [-0.3, -0.25) is 4.79 Å². The van der Waals surface area contributed by atoms with Gasteiger partial charge in [0.25, 0.3) is 12.3 Å². The van der Waals surface area contributed by atoms with Crippen LogP contribution in [0.3, 0.4) is 0 Å². The van der Waals surface area contributed by atoms with E-state index in [1.807, 2.05) is 0 Å². The second-order valence-electron chi connectivity index (χ2n) is 7.11. The number of alkyl halides is 2. The topological polar surface area (TPSA) is 104 Å². The van der Waals surface area contributed by atoms with E-state index >= 15 is 0 Å². The van der Waals surface area contributed by atoms with Crippen molar-refractivity contribution in [3.05, 3.63) is 53.3 Å². The maximum absolute atomic E-state index is 13.0. The van der Waals surface area contributed by atoms with Crippen molar-refractivity contribution >= 4 is 32.7 Å². The minimum absolute atomic E-state index is 0.109. The number of halogens is 2. The Hall–Kier alpha value is -2.89. The van der Waals surface area contributed by atoms with Crippen molar-refractivity contribution in [3.63, 3.8) is 0 Å². The Morgan fingerprint density at radius 1 is 1.19 bits per heavy atom. The fraction of sp³-hybridized carbons (Fsp3) is 0.300. The highest BCUT2D eigenvalue weighted by molar-refractivity contribution is 7.89. The highest BCUT2D eigenvalue weighted by Crippen LogP contribution is 2.25. The predicted octanol–water partition coefficient (Wildman–Crippen LogP) is 3.08. The van der Waals surface area contributed by atoms with Crippen molar-refractivity contribution in [2.24, 2.45) is 0 Å². The minimum atomic E-state index is -3.73. The van der Waals surface area contributed by atoms with Gasteiger partial charge in [0, 0.05) is 24.3 Å². The molecule has 4 rings (SSSR count). The summed E-state index contributed by atoms with van der Waals surface area (Å²) >= 11 is 0. The molecule has 1 saturated heterocycles. The van der Waals surface area contributed by atoms with Crippen molar-refractivity contribution in [2.75, 3.05) is 31.6 Å². The summed E-state index contributed by atoms with van der Waals surface area (Å²) in [5, 5.41) is 2.67. The Kier molecular flexibility index (Phi) is 5.73. The van der Waals surface area contributed by atoms with Crippen molar-refractivity contribution < 1.29 is 26.7 Å². The van der Waals surface area contributed by atoms with Crippen LogP contribution in [0.25, 0.3) is 11.0 Å². The molecule has 2 heterocycles. The Labute approximate surface area is 177 Å². The van der Waals surface area contributed by atoms with Crippen LogP contribution in [-0.2, 0) is 14.8 Å². The van der Waals surface area contributed by atoms with Crippen LogP contribution in [0.4, 0.5) is 14.5 Å². The molecular formula is C20H20F2N4O4S. The molecule has 0 unspecified atom stereocenters. The lowest BCUT2D eigenvalue weighted by Gasteiger charge is -2.26. The molecule has 0 radical (unpaired) electrons. The minimum Gasteiger partial charge on any atom is -0.379 e. The Morgan fingerprint density at radius 3 is 2.65 bits per heavy atom. The second-order valence-corrected chi connectivity index (χ2v) is 9.01. The number of aryl methyl sites for hydroxylation is 1. The maximum Gasteiger partial charge on any atom is 0.295 e. The van der Waals surface area contributed by atoms with Gasteiger partial charge in [0.2, 0.25) is 10.0 Å². The van der Waals surface area contributed by atoms with Crippen LogP contribution in [0.5, 0.6) is 0 Å². The number of anilines is 1. The average molecular weight is 450 g/mol.